The van der Waals surface area contributed by atoms with E-state index >= 15 is 0 Å². The lowest BCUT2D eigenvalue weighted by Gasteiger charge is -2.02. The van der Waals surface area contributed by atoms with Gasteiger partial charge >= 0.3 is 0 Å². The number of thiophene rings is 1. The lowest BCUT2D eigenvalue weighted by molar-refractivity contribution is 0.591. The van der Waals surface area contributed by atoms with E-state index in [1.54, 1.807) is 0 Å². The summed E-state index contributed by atoms with van der Waals surface area (Å²) in [6.07, 6.45) is 0. The van der Waals surface area contributed by atoms with E-state index < -0.39 is 0 Å². The van der Waals surface area contributed by atoms with Crippen molar-refractivity contribution in [2.45, 2.75) is 33.9 Å². The van der Waals surface area contributed by atoms with Crippen LogP contribution in [0, 0.1) is 13.8 Å². The fraction of sp³-hybridized carbons (Fsp3) is 0.545. The van der Waals surface area contributed by atoms with Crippen molar-refractivity contribution in [3.8, 4) is 0 Å². The molecule has 0 bridgehead atoms. The molecule has 2 heterocycles. The van der Waals surface area contributed by atoms with Gasteiger partial charge in [0.25, 0.3) is 0 Å². The first-order valence-corrected chi connectivity index (χ1v) is 6.54. The first-order chi connectivity index (χ1) is 8.20. The zero-order valence-corrected chi connectivity index (χ0v) is 11.2. The fourth-order valence-electron chi connectivity index (χ4n) is 1.58. The van der Waals surface area contributed by atoms with E-state index in [4.69, 9.17) is 0 Å². The lowest BCUT2D eigenvalue weighted by atomic mass is 10.3. The minimum Gasteiger partial charge on any atom is -0.310 e. The van der Waals surface area contributed by atoms with Gasteiger partial charge in [0.2, 0.25) is 0 Å². The predicted molar refractivity (Wildman–Crippen MR) is 68.1 cm³/mol. The molecule has 0 radical (unpaired) electrons. The van der Waals surface area contributed by atoms with Gasteiger partial charge in [0.15, 0.2) is 5.82 Å². The van der Waals surface area contributed by atoms with Crippen LogP contribution in [-0.2, 0) is 13.1 Å². The normalized spacial score (nSPS) is 11.0. The van der Waals surface area contributed by atoms with Crippen LogP contribution in [0.2, 0.25) is 0 Å². The Balaban J connectivity index is 2.10. The van der Waals surface area contributed by atoms with Crippen LogP contribution >= 0.6 is 11.3 Å². The van der Waals surface area contributed by atoms with Gasteiger partial charge in [0.1, 0.15) is 0 Å². The standard InChI is InChI=1S/C11H17N5S/c1-4-12-6-11-13-14-15-16(11)7-10-5-8(2)9(3)17-10/h5,12H,4,6-7H2,1-3H3. The number of nitrogens with one attached hydrogen (secondary N) is 1. The van der Waals surface area contributed by atoms with Crippen molar-refractivity contribution in [2.24, 2.45) is 0 Å². The maximum atomic E-state index is 4.03. The number of hydrogen-bond acceptors (Lipinski definition) is 5. The third kappa shape index (κ3) is 2.89. The van der Waals surface area contributed by atoms with E-state index in [-0.39, 0.29) is 0 Å². The van der Waals surface area contributed by atoms with E-state index in [1.807, 2.05) is 16.0 Å². The first-order valence-electron chi connectivity index (χ1n) is 5.72. The zero-order valence-electron chi connectivity index (χ0n) is 10.4. The quantitative estimate of drug-likeness (QED) is 0.875. The van der Waals surface area contributed by atoms with Crippen LogP contribution in [0.15, 0.2) is 6.07 Å². The van der Waals surface area contributed by atoms with Crippen molar-refractivity contribution in [1.82, 2.24) is 25.5 Å². The number of nitrogens with zero attached hydrogens (tertiary/aromatic N) is 4. The van der Waals surface area contributed by atoms with Crippen molar-refractivity contribution in [3.63, 3.8) is 0 Å². The molecule has 0 aliphatic heterocycles. The minimum atomic E-state index is 0.715. The molecule has 0 amide bonds. The number of tetrazole rings is 1. The maximum absolute atomic E-state index is 4.03. The molecule has 2 rings (SSSR count). The largest absolute Gasteiger partial charge is 0.310 e. The van der Waals surface area contributed by atoms with Crippen LogP contribution in [-0.4, -0.2) is 26.8 Å². The summed E-state index contributed by atoms with van der Waals surface area (Å²) in [7, 11) is 0. The average molecular weight is 251 g/mol. The fourth-order valence-corrected chi connectivity index (χ4v) is 2.62. The van der Waals surface area contributed by atoms with E-state index in [0.29, 0.717) is 6.54 Å². The van der Waals surface area contributed by atoms with Crippen LogP contribution in [0.5, 0.6) is 0 Å². The van der Waals surface area contributed by atoms with Crippen molar-refractivity contribution >= 4 is 11.3 Å². The summed E-state index contributed by atoms with van der Waals surface area (Å²) in [6.45, 7) is 8.74. The Morgan fingerprint density at radius 3 is 2.88 bits per heavy atom. The molecule has 0 unspecified atom stereocenters. The molecule has 0 aliphatic rings. The lowest BCUT2D eigenvalue weighted by Crippen LogP contribution is -2.17. The van der Waals surface area contributed by atoms with Gasteiger partial charge in [0.05, 0.1) is 13.1 Å². The zero-order chi connectivity index (χ0) is 12.3. The van der Waals surface area contributed by atoms with Gasteiger partial charge in [-0.05, 0) is 42.4 Å². The molecule has 0 fully saturated rings. The summed E-state index contributed by atoms with van der Waals surface area (Å²) in [5.41, 5.74) is 1.34. The molecular weight excluding hydrogens is 234 g/mol. The third-order valence-electron chi connectivity index (χ3n) is 2.66. The topological polar surface area (TPSA) is 55.6 Å². The number of hydrogen-bond donors (Lipinski definition) is 1. The molecule has 92 valence electrons. The summed E-state index contributed by atoms with van der Waals surface area (Å²) in [5, 5.41) is 15.0. The van der Waals surface area contributed by atoms with Crippen LogP contribution in [0.25, 0.3) is 0 Å². The van der Waals surface area contributed by atoms with Crippen molar-refractivity contribution in [3.05, 3.63) is 27.2 Å². The second-order valence-corrected chi connectivity index (χ2v) is 5.33. The van der Waals surface area contributed by atoms with Crippen LogP contribution in [0.3, 0.4) is 0 Å². The molecule has 0 saturated carbocycles. The van der Waals surface area contributed by atoms with Gasteiger partial charge in [-0.1, -0.05) is 6.92 Å². The smallest absolute Gasteiger partial charge is 0.165 e. The Labute approximate surface area is 105 Å². The van der Waals surface area contributed by atoms with E-state index in [9.17, 15) is 0 Å². The van der Waals surface area contributed by atoms with Gasteiger partial charge in [-0.2, -0.15) is 0 Å². The SMILES string of the molecule is CCNCc1nnnn1Cc1cc(C)c(C)s1. The van der Waals surface area contributed by atoms with E-state index in [0.717, 1.165) is 18.9 Å². The molecule has 2 aromatic rings. The molecule has 1 N–H and O–H groups in total. The highest BCUT2D eigenvalue weighted by atomic mass is 32.1. The second-order valence-electron chi connectivity index (χ2n) is 3.99. The van der Waals surface area contributed by atoms with Gasteiger partial charge < -0.3 is 5.32 Å². The molecule has 0 saturated heterocycles. The van der Waals surface area contributed by atoms with Crippen molar-refractivity contribution in [2.75, 3.05) is 6.54 Å². The highest BCUT2D eigenvalue weighted by Gasteiger charge is 2.08. The Bertz CT molecular complexity index is 468. The molecule has 0 spiro atoms. The highest BCUT2D eigenvalue weighted by Crippen LogP contribution is 2.21. The highest BCUT2D eigenvalue weighted by molar-refractivity contribution is 7.12. The van der Waals surface area contributed by atoms with Crippen LogP contribution in [0.4, 0.5) is 0 Å². The Morgan fingerprint density at radius 1 is 1.41 bits per heavy atom. The minimum absolute atomic E-state index is 0.715. The average Bonchev–Trinajstić information content (AvgIpc) is 2.85. The number of aromatic nitrogens is 4. The molecule has 17 heavy (non-hydrogen) atoms. The van der Waals surface area contributed by atoms with Gasteiger partial charge in [-0.25, -0.2) is 4.68 Å². The monoisotopic (exact) mass is 251 g/mol. The molecule has 6 heteroatoms. The molecule has 0 aromatic carbocycles. The van der Waals surface area contributed by atoms with Crippen molar-refractivity contribution in [1.29, 1.82) is 0 Å². The molecular formula is C11H17N5S. The molecule has 0 atom stereocenters. The van der Waals surface area contributed by atoms with Crippen LogP contribution < -0.4 is 5.32 Å². The maximum Gasteiger partial charge on any atom is 0.165 e. The molecule has 0 aliphatic carbocycles. The van der Waals surface area contributed by atoms with Gasteiger partial charge in [-0.3, -0.25) is 0 Å². The summed E-state index contributed by atoms with van der Waals surface area (Å²) >= 11 is 1.81. The summed E-state index contributed by atoms with van der Waals surface area (Å²) < 4.78 is 1.85. The Morgan fingerprint density at radius 2 is 2.24 bits per heavy atom. The second kappa shape index (κ2) is 5.37. The number of aryl methyl sites for hydroxylation is 2. The third-order valence-corrected chi connectivity index (χ3v) is 3.80. The van der Waals surface area contributed by atoms with Gasteiger partial charge in [-0.15, -0.1) is 16.4 Å². The van der Waals surface area contributed by atoms with Crippen molar-refractivity contribution < 1.29 is 0 Å². The van der Waals surface area contributed by atoms with E-state index in [1.165, 1.54) is 15.3 Å². The molecule has 2 aromatic heterocycles. The number of rotatable bonds is 5. The Hall–Kier alpha value is -1.27. The first kappa shape index (κ1) is 12.2. The predicted octanol–water partition coefficient (Wildman–Crippen LogP) is 1.51. The summed E-state index contributed by atoms with van der Waals surface area (Å²) in [4.78, 5) is 2.66. The van der Waals surface area contributed by atoms with E-state index in [2.05, 4.69) is 47.7 Å². The Kier molecular flexibility index (Phi) is 3.86. The van der Waals surface area contributed by atoms with Crippen LogP contribution in [0.1, 0.15) is 28.1 Å². The van der Waals surface area contributed by atoms with Gasteiger partial charge in [0, 0.05) is 9.75 Å². The summed E-state index contributed by atoms with van der Waals surface area (Å²) in [5.74, 6) is 0.885. The molecule has 5 nitrogen and oxygen atoms in total. The summed E-state index contributed by atoms with van der Waals surface area (Å²) in [6, 6.07) is 2.21.